The van der Waals surface area contributed by atoms with E-state index in [0.717, 1.165) is 0 Å². The van der Waals surface area contributed by atoms with Gasteiger partial charge in [-0.25, -0.2) is 19.2 Å². The number of rotatable bonds is 8. The first-order chi connectivity index (χ1) is 18.3. The molecule has 232 valence electrons. The molecule has 1 heterocycles. The fourth-order valence-corrected chi connectivity index (χ4v) is 3.39. The summed E-state index contributed by atoms with van der Waals surface area (Å²) in [7, 11) is 0. The summed E-state index contributed by atoms with van der Waals surface area (Å²) in [5, 5.41) is 15.8. The molecule has 0 saturated carbocycles. The summed E-state index contributed by atoms with van der Waals surface area (Å²) >= 11 is 0. The summed E-state index contributed by atoms with van der Waals surface area (Å²) in [6.45, 7) is 20.2. The molecule has 2 atom stereocenters. The second-order valence-electron chi connectivity index (χ2n) is 13.7. The molecule has 1 rings (SSSR count). The largest absolute Gasteiger partial charge is 0.506 e. The number of nitrogens with one attached hydrogen (secondary N) is 2. The van der Waals surface area contributed by atoms with E-state index in [-0.39, 0.29) is 24.2 Å². The molecule has 2 amide bonds. The van der Waals surface area contributed by atoms with Crippen molar-refractivity contribution in [2.45, 2.75) is 130 Å². The average Bonchev–Trinajstić information content (AvgIpc) is 2.69. The third-order valence-corrected chi connectivity index (χ3v) is 4.72. The first-order valence-corrected chi connectivity index (χ1v) is 13.4. The van der Waals surface area contributed by atoms with E-state index in [1.165, 1.54) is 12.4 Å². The molecule has 0 spiro atoms. The number of alkyl carbamates (subject to hydrolysis) is 2. The smallest absolute Gasteiger partial charge is 0.408 e. The number of aromatic hydroxyl groups is 1. The molecule has 0 aliphatic rings. The molecule has 0 unspecified atom stereocenters. The Balaban J connectivity index is 3.45. The zero-order chi connectivity index (χ0) is 32.0. The number of hydrogen-bond acceptors (Lipinski definition) is 10. The predicted octanol–water partition coefficient (Wildman–Crippen LogP) is 4.34. The van der Waals surface area contributed by atoms with Crippen molar-refractivity contribution in [2.24, 2.45) is 0 Å². The molecule has 3 N–H and O–H groups in total. The number of esters is 2. The van der Waals surface area contributed by atoms with Crippen molar-refractivity contribution < 1.29 is 43.2 Å². The second-order valence-corrected chi connectivity index (χ2v) is 13.7. The number of nitrogens with zero attached hydrogens (tertiary/aromatic N) is 1. The maximum Gasteiger partial charge on any atom is 0.408 e. The topological polar surface area (TPSA) is 162 Å². The molecule has 0 aliphatic heterocycles. The molecule has 0 saturated heterocycles. The van der Waals surface area contributed by atoms with Crippen LogP contribution in [-0.4, -0.2) is 68.7 Å². The van der Waals surface area contributed by atoms with Gasteiger partial charge in [-0.2, -0.15) is 0 Å². The Morgan fingerprint density at radius 2 is 1.02 bits per heavy atom. The van der Waals surface area contributed by atoms with E-state index in [1.807, 2.05) is 0 Å². The van der Waals surface area contributed by atoms with Gasteiger partial charge >= 0.3 is 24.1 Å². The maximum absolute atomic E-state index is 13.1. The van der Waals surface area contributed by atoms with Crippen LogP contribution in [0.4, 0.5) is 9.59 Å². The fraction of sp³-hybridized carbons (Fsp3) is 0.690. The highest BCUT2D eigenvalue weighted by molar-refractivity contribution is 5.83. The normalized spacial score (nSPS) is 13.9. The quantitative estimate of drug-likeness (QED) is 0.297. The lowest BCUT2D eigenvalue weighted by atomic mass is 9.96. The lowest BCUT2D eigenvalue weighted by molar-refractivity contribution is -0.158. The van der Waals surface area contributed by atoms with E-state index >= 15 is 0 Å². The van der Waals surface area contributed by atoms with Crippen molar-refractivity contribution in [1.82, 2.24) is 15.6 Å². The van der Waals surface area contributed by atoms with Gasteiger partial charge in [0.2, 0.25) is 0 Å². The van der Waals surface area contributed by atoms with Crippen LogP contribution >= 0.6 is 0 Å². The van der Waals surface area contributed by atoms with Crippen LogP contribution in [0.15, 0.2) is 12.4 Å². The number of hydrogen-bond donors (Lipinski definition) is 3. The Hall–Kier alpha value is -3.57. The third kappa shape index (κ3) is 14.6. The maximum atomic E-state index is 13.1. The minimum absolute atomic E-state index is 0.168. The number of pyridine rings is 1. The molecule has 0 bridgehead atoms. The van der Waals surface area contributed by atoms with Crippen molar-refractivity contribution in [1.29, 1.82) is 0 Å². The monoisotopic (exact) mass is 581 g/mol. The minimum atomic E-state index is -1.27. The van der Waals surface area contributed by atoms with Crippen molar-refractivity contribution >= 4 is 24.1 Å². The Kier molecular flexibility index (Phi) is 11.6. The summed E-state index contributed by atoms with van der Waals surface area (Å²) in [5.41, 5.74) is -2.87. The highest BCUT2D eigenvalue weighted by Crippen LogP contribution is 2.25. The van der Waals surface area contributed by atoms with Gasteiger partial charge in [0.25, 0.3) is 0 Å². The number of carbonyl (C=O) groups excluding carboxylic acids is 4. The van der Waals surface area contributed by atoms with E-state index in [1.54, 1.807) is 83.1 Å². The van der Waals surface area contributed by atoms with E-state index in [2.05, 4.69) is 15.6 Å². The SMILES string of the molecule is CC(C)(C)OC(=O)N[C@H](Cc1cncc(O)c1C[C@@H](NC(=O)OC(C)(C)C)C(=O)OC(C)(C)C)C(=O)OC(C)(C)C. The highest BCUT2D eigenvalue weighted by Gasteiger charge is 2.33. The summed E-state index contributed by atoms with van der Waals surface area (Å²) < 4.78 is 21.6. The molecule has 1 aromatic rings. The summed E-state index contributed by atoms with van der Waals surface area (Å²) in [5.74, 6) is -1.79. The molecule has 12 nitrogen and oxygen atoms in total. The number of ether oxygens (including phenoxy) is 4. The zero-order valence-electron chi connectivity index (χ0n) is 26.4. The van der Waals surface area contributed by atoms with Gasteiger partial charge in [0.15, 0.2) is 0 Å². The van der Waals surface area contributed by atoms with E-state index in [0.29, 0.717) is 5.56 Å². The molecular formula is C29H47N3O9. The zero-order valence-corrected chi connectivity index (χ0v) is 26.4. The Morgan fingerprint density at radius 1 is 0.659 bits per heavy atom. The number of carbonyl (C=O) groups is 4. The van der Waals surface area contributed by atoms with Crippen molar-refractivity contribution in [3.05, 3.63) is 23.5 Å². The van der Waals surface area contributed by atoms with Crippen LogP contribution in [0.25, 0.3) is 0 Å². The van der Waals surface area contributed by atoms with E-state index in [4.69, 9.17) is 18.9 Å². The molecular weight excluding hydrogens is 534 g/mol. The van der Waals surface area contributed by atoms with Gasteiger partial charge in [0.05, 0.1) is 6.20 Å². The first kappa shape index (κ1) is 35.5. The summed E-state index contributed by atoms with van der Waals surface area (Å²) in [6.07, 6.45) is 0.456. The molecule has 41 heavy (non-hydrogen) atoms. The average molecular weight is 582 g/mol. The Labute approximate surface area is 242 Å². The van der Waals surface area contributed by atoms with Gasteiger partial charge in [0, 0.05) is 24.6 Å². The third-order valence-electron chi connectivity index (χ3n) is 4.72. The molecule has 0 aromatic carbocycles. The second kappa shape index (κ2) is 13.4. The van der Waals surface area contributed by atoms with Crippen LogP contribution in [0, 0.1) is 0 Å². The van der Waals surface area contributed by atoms with Crippen molar-refractivity contribution in [3.63, 3.8) is 0 Å². The first-order valence-electron chi connectivity index (χ1n) is 13.4. The lowest BCUT2D eigenvalue weighted by Gasteiger charge is -2.28. The van der Waals surface area contributed by atoms with Gasteiger partial charge in [-0.05, 0) is 88.6 Å². The van der Waals surface area contributed by atoms with Gasteiger partial charge in [-0.3, -0.25) is 4.98 Å². The predicted molar refractivity (Wildman–Crippen MR) is 151 cm³/mol. The number of amides is 2. The molecule has 0 aliphatic carbocycles. The summed E-state index contributed by atoms with van der Waals surface area (Å²) in [6, 6.07) is -2.50. The van der Waals surface area contributed by atoms with Crippen LogP contribution in [-0.2, 0) is 41.4 Å². The van der Waals surface area contributed by atoms with Crippen LogP contribution in [0.5, 0.6) is 5.75 Å². The molecule has 0 fully saturated rings. The van der Waals surface area contributed by atoms with Gasteiger partial charge < -0.3 is 34.7 Å². The molecule has 1 aromatic heterocycles. The number of aromatic nitrogens is 1. The fourth-order valence-electron chi connectivity index (χ4n) is 3.39. The van der Waals surface area contributed by atoms with Crippen molar-refractivity contribution in [2.75, 3.05) is 0 Å². The Morgan fingerprint density at radius 3 is 1.39 bits per heavy atom. The van der Waals surface area contributed by atoms with Gasteiger partial charge in [-0.1, -0.05) is 0 Å². The van der Waals surface area contributed by atoms with Crippen LogP contribution in [0.2, 0.25) is 0 Å². The lowest BCUT2D eigenvalue weighted by Crippen LogP contribution is -2.48. The summed E-state index contributed by atoms with van der Waals surface area (Å²) in [4.78, 5) is 55.4. The molecule has 0 radical (unpaired) electrons. The Bertz CT molecular complexity index is 1090. The van der Waals surface area contributed by atoms with Crippen molar-refractivity contribution in [3.8, 4) is 5.75 Å². The minimum Gasteiger partial charge on any atom is -0.506 e. The van der Waals surface area contributed by atoms with E-state index in [9.17, 15) is 24.3 Å². The standard InChI is InChI=1S/C29H47N3O9/c1-26(2,3)38-22(34)19(31-24(36)40-28(7,8)9)13-17-15-30-16-21(33)18(17)14-20(23(35)39-27(4,5)6)32-25(37)41-29(10,11)12/h15-16,19-20,33H,13-14H2,1-12H3,(H,31,36)(H,32,37)/t19-,20-/m1/s1. The van der Waals surface area contributed by atoms with Gasteiger partial charge in [-0.15, -0.1) is 0 Å². The van der Waals surface area contributed by atoms with E-state index < -0.39 is 58.6 Å². The highest BCUT2D eigenvalue weighted by atomic mass is 16.6. The van der Waals surface area contributed by atoms with Crippen LogP contribution in [0.3, 0.4) is 0 Å². The van der Waals surface area contributed by atoms with Crippen LogP contribution < -0.4 is 10.6 Å². The van der Waals surface area contributed by atoms with Gasteiger partial charge in [0.1, 0.15) is 40.2 Å². The molecule has 12 heteroatoms. The van der Waals surface area contributed by atoms with Crippen LogP contribution in [0.1, 0.15) is 94.2 Å².